The minimum Gasteiger partial charge on any atom is -0.394 e. The van der Waals surface area contributed by atoms with Gasteiger partial charge in [0.15, 0.2) is 18.9 Å². The molecule has 17 atom stereocenters. The molecule has 0 saturated carbocycles. The number of ketones is 4. The Morgan fingerprint density at radius 3 is 1.12 bits per heavy atom. The Morgan fingerprint density at radius 1 is 0.389 bits per heavy atom. The molecule has 113 heavy (non-hydrogen) atoms. The Hall–Kier alpha value is -4.20. The van der Waals surface area contributed by atoms with E-state index in [4.69, 9.17) is 42.6 Å². The molecule has 4 rings (SSSR count). The van der Waals surface area contributed by atoms with E-state index in [0.29, 0.717) is 142 Å². The van der Waals surface area contributed by atoms with E-state index >= 15 is 0 Å². The molecule has 0 aromatic rings. The maximum Gasteiger partial charge on any atom is 0.222 e. The monoisotopic (exact) mass is 1620 g/mol. The summed E-state index contributed by atoms with van der Waals surface area (Å²) >= 11 is 0. The predicted octanol–water partition coefficient (Wildman–Crippen LogP) is 4.56. The summed E-state index contributed by atoms with van der Waals surface area (Å²) in [4.78, 5) is 107. The van der Waals surface area contributed by atoms with Crippen molar-refractivity contribution in [3.63, 3.8) is 0 Å². The van der Waals surface area contributed by atoms with Crippen LogP contribution in [0.25, 0.3) is 0 Å². The second-order valence-corrected chi connectivity index (χ2v) is 33.1. The normalized spacial score (nSPS) is 26.6. The van der Waals surface area contributed by atoms with Gasteiger partial charge in [0.2, 0.25) is 23.6 Å². The van der Waals surface area contributed by atoms with Crippen LogP contribution in [0.3, 0.4) is 0 Å². The molecule has 16 unspecified atom stereocenters. The number of hydrogen-bond acceptors (Lipinski definition) is 27. The van der Waals surface area contributed by atoms with Crippen molar-refractivity contribution in [1.82, 2.24) is 20.9 Å². The van der Waals surface area contributed by atoms with Gasteiger partial charge in [-0.15, -0.1) is 0 Å². The first-order chi connectivity index (χ1) is 54.0. The average Bonchev–Trinajstić information content (AvgIpc) is 1.53. The smallest absolute Gasteiger partial charge is 0.222 e. The van der Waals surface area contributed by atoms with Gasteiger partial charge in [-0.1, -0.05) is 80.1 Å². The molecule has 0 spiro atoms. The standard InChI is InChI=1S/C82H146N4O27/c1-56-72(99)75(102)65(50-87)111-78(56)108-42-22-19-30-60(90)26-13-11-15-28-62(92)36-45-105-53-82(85-70(97)33-17-9-7-8-10-18-34-71(98)86-49-64(94)48-59(86)35-39-81(4,5)6,54-106-46-37-63(93)29-16-12-14-27-61(91)31-20-23-43-109-79-57(2)73(100)76(103)66(51-88)112-79)55-107-47-38-69(96)84-41-25-40-83-68(95)32-21-24-44-110-80-58(3)74(101)77(104)67(52-89)113-80/h56-59,64-67,72-80,87-89,94,99-104H,7-55H2,1-6H3,(H,83,95)(H,84,96)(H,85,97)/t56?,57?,58?,59-,64?,65?,66?,67?,72?,73?,74?,75?,76?,77?,78?,79?,80?,82?/m1/s1. The SMILES string of the molecule is CC1C(OCCCCC(=O)CCCCCC(=O)CCOCC(COCCC(=O)CCCCCC(=O)CCCCOC2OC(CO)C(O)C(O)C2C)(COCCC(=O)NCCCNC(=O)CCCCOC2OC(CO)C(O)C(O)C2C)NC(=O)CCCCCCCCC(=O)N2CC(O)C[C@H]2CCC(C)(C)C)OC(CO)C(O)C1O. The minimum atomic E-state index is -1.34. The van der Waals surface area contributed by atoms with Crippen molar-refractivity contribution in [2.75, 3.05) is 98.9 Å². The van der Waals surface area contributed by atoms with Crippen LogP contribution in [-0.4, -0.2) is 293 Å². The molecule has 0 aliphatic carbocycles. The van der Waals surface area contributed by atoms with Crippen molar-refractivity contribution in [1.29, 1.82) is 0 Å². The van der Waals surface area contributed by atoms with Gasteiger partial charge in [-0.05, 0) is 108 Å². The number of unbranched alkanes of at least 4 members (excludes halogenated alkanes) is 12. The van der Waals surface area contributed by atoms with Gasteiger partial charge in [-0.3, -0.25) is 38.4 Å². The first kappa shape index (κ1) is 101. The Morgan fingerprint density at radius 2 is 0.717 bits per heavy atom. The lowest BCUT2D eigenvalue weighted by Gasteiger charge is -2.40. The highest BCUT2D eigenvalue weighted by Gasteiger charge is 2.45. The second kappa shape index (κ2) is 57.1. The van der Waals surface area contributed by atoms with E-state index in [1.54, 1.807) is 20.8 Å². The van der Waals surface area contributed by atoms with Crippen LogP contribution in [0, 0.1) is 23.2 Å². The number of ether oxygens (including phenoxy) is 9. The third-order valence-electron chi connectivity index (χ3n) is 21.8. The van der Waals surface area contributed by atoms with Crippen LogP contribution in [0.1, 0.15) is 260 Å². The number of aliphatic hydroxyl groups excluding tert-OH is 10. The van der Waals surface area contributed by atoms with Gasteiger partial charge in [-0.2, -0.15) is 0 Å². The number of rotatable bonds is 64. The van der Waals surface area contributed by atoms with Gasteiger partial charge in [0.05, 0.1) is 83.9 Å². The highest BCUT2D eigenvalue weighted by Crippen LogP contribution is 2.32. The third-order valence-corrected chi connectivity index (χ3v) is 21.8. The van der Waals surface area contributed by atoms with Crippen LogP contribution >= 0.6 is 0 Å². The van der Waals surface area contributed by atoms with E-state index in [1.165, 1.54) is 0 Å². The molecule has 0 aromatic heterocycles. The van der Waals surface area contributed by atoms with Crippen LogP contribution < -0.4 is 16.0 Å². The molecule has 4 aliphatic heterocycles. The second-order valence-electron chi connectivity index (χ2n) is 33.1. The molecule has 4 saturated heterocycles. The number of nitrogens with one attached hydrogen (secondary N) is 3. The third kappa shape index (κ3) is 40.9. The predicted molar refractivity (Wildman–Crippen MR) is 416 cm³/mol. The number of nitrogens with zero attached hydrogens (tertiary/aromatic N) is 1. The fraction of sp³-hybridized carbons (Fsp3) is 0.902. The summed E-state index contributed by atoms with van der Waals surface area (Å²) in [5.41, 5.74) is -1.21. The van der Waals surface area contributed by atoms with E-state index in [1.807, 2.05) is 4.90 Å². The molecular weight excluding hydrogens is 1470 g/mol. The number of carbonyl (C=O) groups excluding carboxylic acids is 8. The van der Waals surface area contributed by atoms with Gasteiger partial charge >= 0.3 is 0 Å². The maximum atomic E-state index is 14.1. The maximum absolute atomic E-state index is 14.1. The number of amides is 4. The Balaban J connectivity index is 1.28. The lowest BCUT2D eigenvalue weighted by Crippen LogP contribution is -2.58. The zero-order valence-corrected chi connectivity index (χ0v) is 68.8. The molecule has 4 heterocycles. The molecule has 4 aliphatic rings. The summed E-state index contributed by atoms with van der Waals surface area (Å²) in [5.74, 6) is -2.20. The summed E-state index contributed by atoms with van der Waals surface area (Å²) in [6.45, 7) is 11.4. The summed E-state index contributed by atoms with van der Waals surface area (Å²) in [7, 11) is 0. The van der Waals surface area contributed by atoms with Crippen molar-refractivity contribution in [3.8, 4) is 0 Å². The van der Waals surface area contributed by atoms with Crippen LogP contribution in [0.15, 0.2) is 0 Å². The first-order valence-electron chi connectivity index (χ1n) is 42.4. The lowest BCUT2D eigenvalue weighted by atomic mass is 9.88. The van der Waals surface area contributed by atoms with Crippen molar-refractivity contribution in [2.24, 2.45) is 23.2 Å². The quantitative estimate of drug-likeness (QED) is 0.0371. The molecule has 0 radical (unpaired) electrons. The summed E-state index contributed by atoms with van der Waals surface area (Å²) in [5, 5.41) is 109. The zero-order chi connectivity index (χ0) is 83.1. The van der Waals surface area contributed by atoms with Gasteiger partial charge in [-0.25, -0.2) is 0 Å². The lowest BCUT2D eigenvalue weighted by molar-refractivity contribution is -0.282. The van der Waals surface area contributed by atoms with Crippen LogP contribution in [0.4, 0.5) is 0 Å². The largest absolute Gasteiger partial charge is 0.394 e. The average molecular weight is 1620 g/mol. The summed E-state index contributed by atoms with van der Waals surface area (Å²) in [6, 6.07) is 0.0477. The molecule has 4 fully saturated rings. The number of hydrogen-bond donors (Lipinski definition) is 13. The molecule has 656 valence electrons. The van der Waals surface area contributed by atoms with Crippen molar-refractivity contribution >= 4 is 46.8 Å². The van der Waals surface area contributed by atoms with E-state index < -0.39 is 123 Å². The molecule has 31 heteroatoms. The van der Waals surface area contributed by atoms with Gasteiger partial charge in [0.25, 0.3) is 0 Å². The Labute approximate surface area is 670 Å². The molecular formula is C82H146N4O27. The Bertz CT molecular complexity index is 2460. The van der Waals surface area contributed by atoms with Crippen molar-refractivity contribution < 1.29 is 132 Å². The molecule has 0 bridgehead atoms. The fourth-order valence-electron chi connectivity index (χ4n) is 14.3. The summed E-state index contributed by atoms with van der Waals surface area (Å²) in [6.07, 6.45) is 4.48. The summed E-state index contributed by atoms with van der Waals surface area (Å²) < 4.78 is 52.7. The number of aliphatic hydroxyl groups is 10. The van der Waals surface area contributed by atoms with E-state index in [2.05, 4.69) is 36.7 Å². The minimum absolute atomic E-state index is 0.000486. The molecule has 4 amide bonds. The van der Waals surface area contributed by atoms with Gasteiger partial charge in [0.1, 0.15) is 65.3 Å². The van der Waals surface area contributed by atoms with Crippen molar-refractivity contribution in [2.45, 2.75) is 351 Å². The van der Waals surface area contributed by atoms with E-state index in [0.717, 1.165) is 44.9 Å². The molecule has 31 nitrogen and oxygen atoms in total. The highest BCUT2D eigenvalue weighted by molar-refractivity contribution is 5.80. The van der Waals surface area contributed by atoms with Crippen LogP contribution in [0.2, 0.25) is 0 Å². The van der Waals surface area contributed by atoms with Gasteiger partial charge in [0, 0.05) is 140 Å². The molecule has 0 aromatic carbocycles. The zero-order valence-electron chi connectivity index (χ0n) is 68.8. The highest BCUT2D eigenvalue weighted by atomic mass is 16.7. The van der Waals surface area contributed by atoms with E-state index in [9.17, 15) is 89.4 Å². The number of β-amino-alcohol motifs (C(OH)–C–C–N with tert-alkyl or cyclic N) is 1. The fourth-order valence-corrected chi connectivity index (χ4v) is 14.3. The first-order valence-corrected chi connectivity index (χ1v) is 42.4. The number of carbonyl (C=O) groups is 8. The molecule has 13 N–H and O–H groups in total. The van der Waals surface area contributed by atoms with Crippen molar-refractivity contribution in [3.05, 3.63) is 0 Å². The van der Waals surface area contributed by atoms with E-state index in [-0.39, 0.29) is 169 Å². The number of likely N-dealkylation sites (tertiary alicyclic amines) is 1. The van der Waals surface area contributed by atoms with Crippen LogP contribution in [0.5, 0.6) is 0 Å². The number of Topliss-reactive ketones (excluding diaryl/α,β-unsaturated/α-hetero) is 4. The Kier molecular flexibility index (Phi) is 51.1. The topological polar surface area (TPSA) is 461 Å². The van der Waals surface area contributed by atoms with Crippen LogP contribution in [-0.2, 0) is 81.0 Å². The van der Waals surface area contributed by atoms with Gasteiger partial charge < -0.3 is 115 Å².